The van der Waals surface area contributed by atoms with Gasteiger partial charge in [-0.1, -0.05) is 12.1 Å². The Kier molecular flexibility index (Phi) is 5.48. The summed E-state index contributed by atoms with van der Waals surface area (Å²) in [6.45, 7) is 5.40. The maximum Gasteiger partial charge on any atom is 0.122 e. The molecule has 5 rings (SSSR count). The van der Waals surface area contributed by atoms with Gasteiger partial charge in [0, 0.05) is 42.5 Å². The summed E-state index contributed by atoms with van der Waals surface area (Å²) >= 11 is 0. The Morgan fingerprint density at radius 3 is 2.71 bits per heavy atom. The van der Waals surface area contributed by atoms with Crippen molar-refractivity contribution in [1.82, 2.24) is 4.98 Å². The van der Waals surface area contributed by atoms with E-state index >= 15 is 0 Å². The normalized spacial score (nSPS) is 18.3. The summed E-state index contributed by atoms with van der Waals surface area (Å²) in [4.78, 5) is 7.20. The minimum absolute atomic E-state index is 0.333. The number of pyridine rings is 1. The van der Waals surface area contributed by atoms with Gasteiger partial charge in [-0.2, -0.15) is 5.26 Å². The standard InChI is InChI=1S/C26H27N3O2/c1-18-12-26(29-11-10-23(15-29)31-17-21-6-7-21)24-9-8-22(13-25(24)28-18)30-16-20-4-2-19(14-27)3-5-20/h2-5,8-9,12-13,21,23H,6-7,10-11,15-17H2,1H3. The van der Waals surface area contributed by atoms with Gasteiger partial charge in [0.1, 0.15) is 12.4 Å². The van der Waals surface area contributed by atoms with E-state index in [0.717, 1.165) is 59.9 Å². The lowest BCUT2D eigenvalue weighted by Gasteiger charge is -2.21. The van der Waals surface area contributed by atoms with E-state index in [-0.39, 0.29) is 0 Å². The van der Waals surface area contributed by atoms with E-state index in [1.807, 2.05) is 43.3 Å². The van der Waals surface area contributed by atoms with Gasteiger partial charge in [-0.25, -0.2) is 0 Å². The van der Waals surface area contributed by atoms with Crippen LogP contribution in [0.1, 0.15) is 36.1 Å². The zero-order chi connectivity index (χ0) is 21.2. The molecule has 0 spiro atoms. The third kappa shape index (κ3) is 4.65. The number of rotatable bonds is 7. The highest BCUT2D eigenvalue weighted by Crippen LogP contribution is 2.34. The van der Waals surface area contributed by atoms with Crippen LogP contribution in [-0.2, 0) is 11.3 Å². The molecule has 0 radical (unpaired) electrons. The minimum Gasteiger partial charge on any atom is -0.489 e. The smallest absolute Gasteiger partial charge is 0.122 e. The van der Waals surface area contributed by atoms with Crippen molar-refractivity contribution >= 4 is 16.6 Å². The molecule has 0 amide bonds. The Balaban J connectivity index is 1.30. The van der Waals surface area contributed by atoms with Crippen molar-refractivity contribution in [3.05, 3.63) is 65.4 Å². The Morgan fingerprint density at radius 1 is 1.10 bits per heavy atom. The summed E-state index contributed by atoms with van der Waals surface area (Å²) < 4.78 is 12.1. The number of fused-ring (bicyclic) bond motifs is 1. The lowest BCUT2D eigenvalue weighted by molar-refractivity contribution is 0.0605. The van der Waals surface area contributed by atoms with E-state index in [0.29, 0.717) is 18.3 Å². The molecule has 158 valence electrons. The second-order valence-corrected chi connectivity index (χ2v) is 8.69. The van der Waals surface area contributed by atoms with Crippen molar-refractivity contribution in [2.75, 3.05) is 24.6 Å². The Bertz CT molecular complexity index is 1120. The first-order valence-corrected chi connectivity index (χ1v) is 11.1. The first-order chi connectivity index (χ1) is 15.2. The fourth-order valence-electron chi connectivity index (χ4n) is 4.15. The van der Waals surface area contributed by atoms with Gasteiger partial charge in [-0.05, 0) is 68.0 Å². The molecule has 5 nitrogen and oxygen atoms in total. The molecule has 1 unspecified atom stereocenters. The van der Waals surface area contributed by atoms with E-state index in [1.165, 1.54) is 18.5 Å². The Labute approximate surface area is 183 Å². The first-order valence-electron chi connectivity index (χ1n) is 11.1. The summed E-state index contributed by atoms with van der Waals surface area (Å²) in [6, 6.07) is 18.0. The first kappa shape index (κ1) is 19.8. The number of ether oxygens (including phenoxy) is 2. The molecule has 0 bridgehead atoms. The minimum atomic E-state index is 0.333. The zero-order valence-electron chi connectivity index (χ0n) is 17.9. The summed E-state index contributed by atoms with van der Waals surface area (Å²) in [5, 5.41) is 10.1. The number of nitrogens with zero attached hydrogens (tertiary/aromatic N) is 3. The topological polar surface area (TPSA) is 58.4 Å². The molecule has 2 aliphatic rings. The fourth-order valence-corrected chi connectivity index (χ4v) is 4.15. The number of benzene rings is 2. The highest BCUT2D eigenvalue weighted by molar-refractivity contribution is 5.93. The van der Waals surface area contributed by atoms with Crippen molar-refractivity contribution in [3.8, 4) is 11.8 Å². The SMILES string of the molecule is Cc1cc(N2CCC(OCC3CC3)C2)c2ccc(OCc3ccc(C#N)cc3)cc2n1. The van der Waals surface area contributed by atoms with Crippen LogP contribution in [0, 0.1) is 24.2 Å². The van der Waals surface area contributed by atoms with Gasteiger partial charge in [0.15, 0.2) is 0 Å². The van der Waals surface area contributed by atoms with Crippen LogP contribution >= 0.6 is 0 Å². The third-order valence-corrected chi connectivity index (χ3v) is 6.13. The van der Waals surface area contributed by atoms with Crippen LogP contribution in [0.2, 0.25) is 0 Å². The second-order valence-electron chi connectivity index (χ2n) is 8.69. The number of aromatic nitrogens is 1. The molecule has 1 aromatic heterocycles. The molecular weight excluding hydrogens is 386 g/mol. The van der Waals surface area contributed by atoms with Crippen LogP contribution in [-0.4, -0.2) is 30.8 Å². The number of aryl methyl sites for hydroxylation is 1. The predicted octanol–water partition coefficient (Wildman–Crippen LogP) is 5.00. The van der Waals surface area contributed by atoms with E-state index in [4.69, 9.17) is 19.7 Å². The van der Waals surface area contributed by atoms with E-state index in [1.54, 1.807) is 0 Å². The second kappa shape index (κ2) is 8.56. The molecule has 1 saturated carbocycles. The van der Waals surface area contributed by atoms with Gasteiger partial charge < -0.3 is 14.4 Å². The van der Waals surface area contributed by atoms with Crippen molar-refractivity contribution in [2.24, 2.45) is 5.92 Å². The number of anilines is 1. The molecular formula is C26H27N3O2. The summed E-state index contributed by atoms with van der Waals surface area (Å²) in [5.41, 5.74) is 4.89. The number of hydrogen-bond acceptors (Lipinski definition) is 5. The highest BCUT2D eigenvalue weighted by atomic mass is 16.5. The fraction of sp³-hybridized carbons (Fsp3) is 0.385. The molecule has 0 N–H and O–H groups in total. The van der Waals surface area contributed by atoms with Gasteiger partial charge >= 0.3 is 0 Å². The van der Waals surface area contributed by atoms with Gasteiger partial charge in [0.25, 0.3) is 0 Å². The van der Waals surface area contributed by atoms with Gasteiger partial charge in [-0.3, -0.25) is 4.98 Å². The maximum atomic E-state index is 8.93. The van der Waals surface area contributed by atoms with E-state index in [9.17, 15) is 0 Å². The van der Waals surface area contributed by atoms with Gasteiger partial charge in [0.05, 0.1) is 23.3 Å². The van der Waals surface area contributed by atoms with Crippen molar-refractivity contribution in [2.45, 2.75) is 38.9 Å². The van der Waals surface area contributed by atoms with Gasteiger partial charge in [0.2, 0.25) is 0 Å². The monoisotopic (exact) mass is 413 g/mol. The van der Waals surface area contributed by atoms with Crippen LogP contribution in [0.3, 0.4) is 0 Å². The molecule has 2 fully saturated rings. The van der Waals surface area contributed by atoms with Crippen LogP contribution in [0.15, 0.2) is 48.5 Å². The molecule has 2 aromatic carbocycles. The summed E-state index contributed by atoms with van der Waals surface area (Å²) in [6.07, 6.45) is 4.08. The molecule has 1 aliphatic carbocycles. The van der Waals surface area contributed by atoms with Crippen LogP contribution in [0.5, 0.6) is 5.75 Å². The van der Waals surface area contributed by atoms with E-state index in [2.05, 4.69) is 23.1 Å². The number of hydrogen-bond donors (Lipinski definition) is 0. The van der Waals surface area contributed by atoms with Crippen molar-refractivity contribution < 1.29 is 9.47 Å². The lowest BCUT2D eigenvalue weighted by Crippen LogP contribution is -2.23. The van der Waals surface area contributed by atoms with Gasteiger partial charge in [-0.15, -0.1) is 0 Å². The molecule has 1 atom stereocenters. The quantitative estimate of drug-likeness (QED) is 0.546. The molecule has 5 heteroatoms. The molecule has 31 heavy (non-hydrogen) atoms. The summed E-state index contributed by atoms with van der Waals surface area (Å²) in [5.74, 6) is 1.61. The predicted molar refractivity (Wildman–Crippen MR) is 121 cm³/mol. The zero-order valence-corrected chi connectivity index (χ0v) is 17.9. The average molecular weight is 414 g/mol. The molecule has 3 aromatic rings. The average Bonchev–Trinajstić information content (AvgIpc) is 3.51. The highest BCUT2D eigenvalue weighted by Gasteiger charge is 2.28. The van der Waals surface area contributed by atoms with E-state index < -0.39 is 0 Å². The van der Waals surface area contributed by atoms with Crippen LogP contribution in [0.4, 0.5) is 5.69 Å². The number of nitriles is 1. The lowest BCUT2D eigenvalue weighted by atomic mass is 10.1. The Morgan fingerprint density at radius 2 is 1.94 bits per heavy atom. The largest absolute Gasteiger partial charge is 0.489 e. The van der Waals surface area contributed by atoms with Crippen LogP contribution in [0.25, 0.3) is 10.9 Å². The van der Waals surface area contributed by atoms with Crippen LogP contribution < -0.4 is 9.64 Å². The molecule has 1 aliphatic heterocycles. The molecule has 1 saturated heterocycles. The molecule has 2 heterocycles. The van der Waals surface area contributed by atoms with Crippen molar-refractivity contribution in [1.29, 1.82) is 5.26 Å². The third-order valence-electron chi connectivity index (χ3n) is 6.13. The summed E-state index contributed by atoms with van der Waals surface area (Å²) in [7, 11) is 0. The maximum absolute atomic E-state index is 8.93. The Hall–Kier alpha value is -3.10. The van der Waals surface area contributed by atoms with Crippen molar-refractivity contribution in [3.63, 3.8) is 0 Å².